The van der Waals surface area contributed by atoms with Crippen LogP contribution >= 0.6 is 24.0 Å². The normalized spacial score (nSPS) is 31.7. The van der Waals surface area contributed by atoms with Crippen LogP contribution in [-0.4, -0.2) is 86.6 Å². The lowest BCUT2D eigenvalue weighted by Crippen LogP contribution is -2.51. The Labute approximate surface area is 164 Å². The van der Waals surface area contributed by atoms with E-state index in [-0.39, 0.29) is 24.0 Å². The van der Waals surface area contributed by atoms with E-state index in [0.29, 0.717) is 6.04 Å². The lowest BCUT2D eigenvalue weighted by Gasteiger charge is -2.37. The van der Waals surface area contributed by atoms with Gasteiger partial charge in [-0.05, 0) is 45.7 Å². The third kappa shape index (κ3) is 4.85. The Balaban J connectivity index is 0.00000208. The second kappa shape index (κ2) is 9.38. The molecule has 1 aliphatic carbocycles. The van der Waals surface area contributed by atoms with Crippen molar-refractivity contribution in [3.05, 3.63) is 12.2 Å². The van der Waals surface area contributed by atoms with Gasteiger partial charge in [0.25, 0.3) is 0 Å². The number of rotatable bonds is 3. The van der Waals surface area contributed by atoms with Crippen LogP contribution in [0.2, 0.25) is 0 Å². The molecule has 0 spiro atoms. The number of nitrogens with one attached hydrogen (secondary N) is 1. The van der Waals surface area contributed by atoms with Crippen molar-refractivity contribution in [3.8, 4) is 0 Å². The zero-order valence-electron chi connectivity index (χ0n) is 15.4. The Hall–Kier alpha value is -0.340. The van der Waals surface area contributed by atoms with Crippen LogP contribution in [0.4, 0.5) is 0 Å². The van der Waals surface area contributed by atoms with Gasteiger partial charge in [-0.1, -0.05) is 12.2 Å². The molecule has 2 saturated heterocycles. The minimum Gasteiger partial charge on any atom is -0.357 e. The maximum absolute atomic E-state index is 5.00. The average molecular weight is 447 g/mol. The molecule has 2 fully saturated rings. The van der Waals surface area contributed by atoms with Crippen LogP contribution in [0.3, 0.4) is 0 Å². The molecule has 0 aromatic heterocycles. The van der Waals surface area contributed by atoms with E-state index in [1.807, 2.05) is 0 Å². The Bertz CT molecular complexity index is 437. The molecule has 1 N–H and O–H groups in total. The number of hydrogen-bond donors (Lipinski definition) is 1. The standard InChI is InChI=1S/C18H33N5.HI/c1-4-19-18(20-11-17-14-21(2)9-10-22(17)3)23-12-15-7-5-6-8-16(15)13-23;/h5-6,15-17H,4,7-14H2,1-3H3,(H,19,20);1H. The SMILES string of the molecule is CCNC(=NCC1CN(C)CCN1C)N1CC2CC=CCC2C1.I. The molecule has 3 aliphatic rings. The monoisotopic (exact) mass is 447 g/mol. The number of piperazine rings is 1. The average Bonchev–Trinajstić information content (AvgIpc) is 2.98. The van der Waals surface area contributed by atoms with Crippen molar-refractivity contribution in [2.75, 3.05) is 59.9 Å². The van der Waals surface area contributed by atoms with Gasteiger partial charge < -0.3 is 15.1 Å². The summed E-state index contributed by atoms with van der Waals surface area (Å²) < 4.78 is 0. The molecule has 0 aromatic rings. The van der Waals surface area contributed by atoms with Gasteiger partial charge in [-0.2, -0.15) is 0 Å². The van der Waals surface area contributed by atoms with Crippen molar-refractivity contribution in [2.24, 2.45) is 16.8 Å². The molecular formula is C18H34IN5. The largest absolute Gasteiger partial charge is 0.357 e. The van der Waals surface area contributed by atoms with E-state index in [0.717, 1.165) is 44.0 Å². The summed E-state index contributed by atoms with van der Waals surface area (Å²) in [6, 6.07) is 0.536. The summed E-state index contributed by atoms with van der Waals surface area (Å²) in [5, 5.41) is 3.52. The summed E-state index contributed by atoms with van der Waals surface area (Å²) in [7, 11) is 4.45. The van der Waals surface area contributed by atoms with Crippen LogP contribution < -0.4 is 5.32 Å². The number of aliphatic imine (C=N–C) groups is 1. The Kier molecular flexibility index (Phi) is 7.81. The Morgan fingerprint density at radius 1 is 1.08 bits per heavy atom. The van der Waals surface area contributed by atoms with E-state index in [1.54, 1.807) is 0 Å². The first-order chi connectivity index (χ1) is 11.2. The van der Waals surface area contributed by atoms with Gasteiger partial charge in [-0.25, -0.2) is 0 Å². The van der Waals surface area contributed by atoms with Crippen molar-refractivity contribution >= 4 is 29.9 Å². The Morgan fingerprint density at radius 2 is 1.75 bits per heavy atom. The van der Waals surface area contributed by atoms with Crippen molar-refractivity contribution in [1.82, 2.24) is 20.0 Å². The van der Waals surface area contributed by atoms with E-state index in [4.69, 9.17) is 4.99 Å². The van der Waals surface area contributed by atoms with Gasteiger partial charge >= 0.3 is 0 Å². The fourth-order valence-electron chi connectivity index (χ4n) is 4.10. The predicted octanol–water partition coefficient (Wildman–Crippen LogP) is 1.71. The molecular weight excluding hydrogens is 413 g/mol. The molecule has 0 saturated carbocycles. The highest BCUT2D eigenvalue weighted by atomic mass is 127. The van der Waals surface area contributed by atoms with E-state index in [2.05, 4.69) is 53.2 Å². The molecule has 2 aliphatic heterocycles. The van der Waals surface area contributed by atoms with Gasteiger partial charge in [0.1, 0.15) is 0 Å². The van der Waals surface area contributed by atoms with Crippen LogP contribution in [-0.2, 0) is 0 Å². The maximum atomic E-state index is 5.00. The third-order valence-electron chi connectivity index (χ3n) is 5.69. The smallest absolute Gasteiger partial charge is 0.193 e. The van der Waals surface area contributed by atoms with Gasteiger partial charge in [-0.3, -0.25) is 9.89 Å². The summed E-state index contributed by atoms with van der Waals surface area (Å²) in [6.07, 6.45) is 7.22. The van der Waals surface area contributed by atoms with Crippen LogP contribution in [0.1, 0.15) is 19.8 Å². The van der Waals surface area contributed by atoms with Gasteiger partial charge in [0.2, 0.25) is 0 Å². The van der Waals surface area contributed by atoms with Crippen molar-refractivity contribution < 1.29 is 0 Å². The van der Waals surface area contributed by atoms with Crippen LogP contribution in [0.25, 0.3) is 0 Å². The van der Waals surface area contributed by atoms with Gasteiger partial charge in [0.05, 0.1) is 6.54 Å². The number of likely N-dealkylation sites (tertiary alicyclic amines) is 1. The number of likely N-dealkylation sites (N-methyl/N-ethyl adjacent to an activating group) is 2. The molecule has 3 unspecified atom stereocenters. The second-order valence-corrected chi connectivity index (χ2v) is 7.46. The van der Waals surface area contributed by atoms with Crippen molar-refractivity contribution in [1.29, 1.82) is 0 Å². The molecule has 138 valence electrons. The van der Waals surface area contributed by atoms with Crippen LogP contribution in [0.15, 0.2) is 17.1 Å². The number of fused-ring (bicyclic) bond motifs is 1. The third-order valence-corrected chi connectivity index (χ3v) is 5.69. The minimum atomic E-state index is 0. The first-order valence-corrected chi connectivity index (χ1v) is 9.24. The summed E-state index contributed by atoms with van der Waals surface area (Å²) in [6.45, 7) is 9.78. The zero-order valence-corrected chi connectivity index (χ0v) is 17.8. The number of nitrogens with zero attached hydrogens (tertiary/aromatic N) is 4. The molecule has 0 bridgehead atoms. The lowest BCUT2D eigenvalue weighted by molar-refractivity contribution is 0.119. The van der Waals surface area contributed by atoms with E-state index < -0.39 is 0 Å². The summed E-state index contributed by atoms with van der Waals surface area (Å²) in [5.74, 6) is 2.78. The van der Waals surface area contributed by atoms with E-state index in [9.17, 15) is 0 Å². The first kappa shape index (κ1) is 20.0. The highest BCUT2D eigenvalue weighted by molar-refractivity contribution is 14.0. The fourth-order valence-corrected chi connectivity index (χ4v) is 4.10. The molecule has 3 atom stereocenters. The topological polar surface area (TPSA) is 34.1 Å². The highest BCUT2D eigenvalue weighted by Gasteiger charge is 2.34. The highest BCUT2D eigenvalue weighted by Crippen LogP contribution is 2.32. The molecule has 5 nitrogen and oxygen atoms in total. The summed E-state index contributed by atoms with van der Waals surface area (Å²) in [4.78, 5) is 12.4. The number of allylic oxidation sites excluding steroid dienone is 2. The van der Waals surface area contributed by atoms with Gasteiger partial charge in [0, 0.05) is 45.3 Å². The maximum Gasteiger partial charge on any atom is 0.193 e. The predicted molar refractivity (Wildman–Crippen MR) is 112 cm³/mol. The van der Waals surface area contributed by atoms with Crippen LogP contribution in [0.5, 0.6) is 0 Å². The fraction of sp³-hybridized carbons (Fsp3) is 0.833. The van der Waals surface area contributed by atoms with Gasteiger partial charge in [0.15, 0.2) is 5.96 Å². The van der Waals surface area contributed by atoms with Crippen molar-refractivity contribution in [3.63, 3.8) is 0 Å². The number of halogens is 1. The quantitative estimate of drug-likeness (QED) is 0.309. The minimum absolute atomic E-state index is 0. The molecule has 2 heterocycles. The van der Waals surface area contributed by atoms with Crippen LogP contribution in [0, 0.1) is 11.8 Å². The molecule has 0 amide bonds. The summed E-state index contributed by atoms with van der Waals surface area (Å²) in [5.41, 5.74) is 0. The molecule has 3 rings (SSSR count). The van der Waals surface area contributed by atoms with Gasteiger partial charge in [-0.15, -0.1) is 24.0 Å². The molecule has 6 heteroatoms. The Morgan fingerprint density at radius 3 is 2.38 bits per heavy atom. The van der Waals surface area contributed by atoms with E-state index in [1.165, 1.54) is 32.5 Å². The van der Waals surface area contributed by atoms with Crippen molar-refractivity contribution in [2.45, 2.75) is 25.8 Å². The first-order valence-electron chi connectivity index (χ1n) is 9.24. The van der Waals surface area contributed by atoms with E-state index >= 15 is 0 Å². The zero-order chi connectivity index (χ0) is 16.2. The number of guanidine groups is 1. The molecule has 0 radical (unpaired) electrons. The molecule has 0 aromatic carbocycles. The summed E-state index contributed by atoms with van der Waals surface area (Å²) >= 11 is 0. The molecule has 24 heavy (non-hydrogen) atoms. The number of hydrogen-bond acceptors (Lipinski definition) is 3. The lowest BCUT2D eigenvalue weighted by atomic mass is 9.86. The second-order valence-electron chi connectivity index (χ2n) is 7.46.